The van der Waals surface area contributed by atoms with Crippen LogP contribution in [0.5, 0.6) is 0 Å². The average molecular weight is 209 g/mol. The smallest absolute Gasteiger partial charge is 0.307 e. The first-order valence-electron chi connectivity index (χ1n) is 4.52. The van der Waals surface area contributed by atoms with E-state index in [1.54, 1.807) is 12.1 Å². The van der Waals surface area contributed by atoms with Crippen LogP contribution >= 0.6 is 0 Å². The van der Waals surface area contributed by atoms with Gasteiger partial charge in [0.1, 0.15) is 0 Å². The second kappa shape index (κ2) is 4.54. The van der Waals surface area contributed by atoms with Crippen LogP contribution in [-0.4, -0.2) is 16.0 Å². The molecule has 0 aliphatic carbocycles. The van der Waals surface area contributed by atoms with Gasteiger partial charge in [-0.1, -0.05) is 19.1 Å². The van der Waals surface area contributed by atoms with Crippen molar-refractivity contribution in [1.82, 2.24) is 0 Å². The Hall–Kier alpha value is -1.91. The van der Waals surface area contributed by atoms with E-state index in [0.717, 1.165) is 0 Å². The quantitative estimate of drug-likeness (QED) is 0.605. The average Bonchev–Trinajstić information content (AvgIpc) is 2.16. The van der Waals surface area contributed by atoms with E-state index in [2.05, 4.69) is 0 Å². The Morgan fingerprint density at radius 3 is 2.67 bits per heavy atom. The second-order valence-electron chi connectivity index (χ2n) is 3.14. The Morgan fingerprint density at radius 2 is 2.20 bits per heavy atom. The van der Waals surface area contributed by atoms with E-state index in [1.165, 1.54) is 6.07 Å². The number of carboxylic acid groups (broad SMARTS) is 1. The van der Waals surface area contributed by atoms with Crippen molar-refractivity contribution in [1.29, 1.82) is 0 Å². The molecule has 0 saturated heterocycles. The first kappa shape index (κ1) is 11.2. The van der Waals surface area contributed by atoms with Crippen LogP contribution in [0, 0.1) is 10.1 Å². The Balaban J connectivity index is 3.10. The summed E-state index contributed by atoms with van der Waals surface area (Å²) in [6.45, 7) is 1.82. The number of aliphatic carboxylic acids is 1. The highest BCUT2D eigenvalue weighted by Crippen LogP contribution is 2.21. The summed E-state index contributed by atoms with van der Waals surface area (Å²) in [5.41, 5.74) is 1.07. The van der Waals surface area contributed by atoms with Crippen molar-refractivity contribution >= 4 is 11.7 Å². The fourth-order valence-corrected chi connectivity index (χ4v) is 1.36. The number of hydrogen-bond donors (Lipinski definition) is 1. The molecule has 15 heavy (non-hydrogen) atoms. The summed E-state index contributed by atoms with van der Waals surface area (Å²) >= 11 is 0. The van der Waals surface area contributed by atoms with Gasteiger partial charge < -0.3 is 5.11 Å². The van der Waals surface area contributed by atoms with Crippen molar-refractivity contribution in [2.75, 3.05) is 0 Å². The lowest BCUT2D eigenvalue weighted by atomic mass is 10.1. The van der Waals surface area contributed by atoms with Crippen LogP contribution in [0.2, 0.25) is 0 Å². The molecule has 1 rings (SSSR count). The minimum Gasteiger partial charge on any atom is -0.481 e. The zero-order valence-electron chi connectivity index (χ0n) is 8.27. The molecular weight excluding hydrogens is 198 g/mol. The maximum atomic E-state index is 10.7. The number of nitro groups is 1. The number of hydrogen-bond acceptors (Lipinski definition) is 3. The molecule has 0 spiro atoms. The van der Waals surface area contributed by atoms with Gasteiger partial charge in [-0.2, -0.15) is 0 Å². The van der Waals surface area contributed by atoms with E-state index in [1.807, 2.05) is 6.92 Å². The standard InChI is InChI=1S/C10H11NO4/c1-2-8-4-3-7(6-10(12)13)5-9(8)11(14)15/h3-5H,2,6H2,1H3,(H,12,13). The molecule has 0 heterocycles. The van der Waals surface area contributed by atoms with Gasteiger partial charge in [0.05, 0.1) is 11.3 Å². The third-order valence-electron chi connectivity index (χ3n) is 2.08. The lowest BCUT2D eigenvalue weighted by molar-refractivity contribution is -0.385. The first-order chi connectivity index (χ1) is 7.04. The van der Waals surface area contributed by atoms with Crippen LogP contribution in [-0.2, 0) is 17.6 Å². The molecule has 0 bridgehead atoms. The molecule has 5 heteroatoms. The summed E-state index contributed by atoms with van der Waals surface area (Å²) in [4.78, 5) is 20.6. The molecule has 0 amide bonds. The van der Waals surface area contributed by atoms with Crippen molar-refractivity contribution in [3.8, 4) is 0 Å². The van der Waals surface area contributed by atoms with Crippen LogP contribution in [0.1, 0.15) is 18.1 Å². The largest absolute Gasteiger partial charge is 0.481 e. The van der Waals surface area contributed by atoms with Gasteiger partial charge in [-0.05, 0) is 12.0 Å². The van der Waals surface area contributed by atoms with Gasteiger partial charge in [-0.15, -0.1) is 0 Å². The predicted octanol–water partition coefficient (Wildman–Crippen LogP) is 1.78. The molecule has 1 aromatic carbocycles. The molecular formula is C10H11NO4. The third-order valence-corrected chi connectivity index (χ3v) is 2.08. The van der Waals surface area contributed by atoms with Gasteiger partial charge in [-0.25, -0.2) is 0 Å². The van der Waals surface area contributed by atoms with Gasteiger partial charge in [-0.3, -0.25) is 14.9 Å². The van der Waals surface area contributed by atoms with Crippen LogP contribution < -0.4 is 0 Å². The number of aryl methyl sites for hydroxylation is 1. The minimum absolute atomic E-state index is 0.00347. The number of nitrogens with zero attached hydrogens (tertiary/aromatic N) is 1. The Morgan fingerprint density at radius 1 is 1.53 bits per heavy atom. The number of nitro benzene ring substituents is 1. The summed E-state index contributed by atoms with van der Waals surface area (Å²) in [7, 11) is 0. The summed E-state index contributed by atoms with van der Waals surface area (Å²) < 4.78 is 0. The number of rotatable bonds is 4. The molecule has 0 unspecified atom stereocenters. The van der Waals surface area contributed by atoms with Crippen molar-refractivity contribution in [3.05, 3.63) is 39.4 Å². The Labute approximate surface area is 86.5 Å². The van der Waals surface area contributed by atoms with E-state index in [0.29, 0.717) is 17.5 Å². The number of carbonyl (C=O) groups is 1. The van der Waals surface area contributed by atoms with E-state index < -0.39 is 10.9 Å². The molecule has 0 aromatic heterocycles. The molecule has 0 radical (unpaired) electrons. The highest BCUT2D eigenvalue weighted by Gasteiger charge is 2.13. The Bertz CT molecular complexity index is 400. The monoisotopic (exact) mass is 209 g/mol. The molecule has 0 aliphatic rings. The summed E-state index contributed by atoms with van der Waals surface area (Å²) in [5.74, 6) is -0.992. The maximum absolute atomic E-state index is 10.7. The Kier molecular flexibility index (Phi) is 3.38. The zero-order chi connectivity index (χ0) is 11.4. The normalized spacial score (nSPS) is 9.93. The number of carboxylic acids is 1. The lowest BCUT2D eigenvalue weighted by Gasteiger charge is -2.02. The van der Waals surface area contributed by atoms with E-state index in [9.17, 15) is 14.9 Å². The second-order valence-corrected chi connectivity index (χ2v) is 3.14. The van der Waals surface area contributed by atoms with E-state index in [4.69, 9.17) is 5.11 Å². The summed E-state index contributed by atoms with van der Waals surface area (Å²) in [5, 5.41) is 19.2. The molecule has 1 N–H and O–H groups in total. The molecule has 5 nitrogen and oxygen atoms in total. The summed E-state index contributed by atoms with van der Waals surface area (Å²) in [6.07, 6.45) is 0.370. The zero-order valence-corrected chi connectivity index (χ0v) is 8.27. The first-order valence-corrected chi connectivity index (χ1v) is 4.52. The SMILES string of the molecule is CCc1ccc(CC(=O)O)cc1[N+](=O)[O-]. The predicted molar refractivity (Wildman–Crippen MR) is 53.8 cm³/mol. The maximum Gasteiger partial charge on any atom is 0.307 e. The van der Waals surface area contributed by atoms with Gasteiger partial charge in [0.15, 0.2) is 0 Å². The van der Waals surface area contributed by atoms with E-state index in [-0.39, 0.29) is 12.1 Å². The molecule has 0 fully saturated rings. The van der Waals surface area contributed by atoms with Crippen LogP contribution in [0.25, 0.3) is 0 Å². The van der Waals surface area contributed by atoms with Gasteiger partial charge >= 0.3 is 5.97 Å². The third kappa shape index (κ3) is 2.77. The fourth-order valence-electron chi connectivity index (χ4n) is 1.36. The van der Waals surface area contributed by atoms with Crippen LogP contribution in [0.3, 0.4) is 0 Å². The van der Waals surface area contributed by atoms with Crippen molar-refractivity contribution in [2.24, 2.45) is 0 Å². The molecule has 1 aromatic rings. The van der Waals surface area contributed by atoms with Crippen molar-refractivity contribution < 1.29 is 14.8 Å². The van der Waals surface area contributed by atoms with Crippen molar-refractivity contribution in [3.63, 3.8) is 0 Å². The molecule has 80 valence electrons. The van der Waals surface area contributed by atoms with Gasteiger partial charge in [0.25, 0.3) is 5.69 Å². The van der Waals surface area contributed by atoms with Crippen molar-refractivity contribution in [2.45, 2.75) is 19.8 Å². The molecule has 0 aliphatic heterocycles. The highest BCUT2D eigenvalue weighted by molar-refractivity contribution is 5.70. The van der Waals surface area contributed by atoms with Gasteiger partial charge in [0, 0.05) is 11.6 Å². The van der Waals surface area contributed by atoms with Gasteiger partial charge in [0.2, 0.25) is 0 Å². The summed E-state index contributed by atoms with van der Waals surface area (Å²) in [6, 6.07) is 4.54. The lowest BCUT2D eigenvalue weighted by Crippen LogP contribution is -2.02. The van der Waals surface area contributed by atoms with E-state index >= 15 is 0 Å². The molecule has 0 saturated carbocycles. The topological polar surface area (TPSA) is 80.4 Å². The molecule has 0 atom stereocenters. The fraction of sp³-hybridized carbons (Fsp3) is 0.300. The van der Waals surface area contributed by atoms with Crippen LogP contribution in [0.4, 0.5) is 5.69 Å². The van der Waals surface area contributed by atoms with Crippen LogP contribution in [0.15, 0.2) is 18.2 Å². The highest BCUT2D eigenvalue weighted by atomic mass is 16.6. The number of benzene rings is 1. The minimum atomic E-state index is -0.992.